The van der Waals surface area contributed by atoms with Gasteiger partial charge in [0.25, 0.3) is 11.5 Å². The van der Waals surface area contributed by atoms with E-state index in [0.717, 1.165) is 15.8 Å². The summed E-state index contributed by atoms with van der Waals surface area (Å²) in [6.45, 7) is 2.12. The molecule has 0 saturated heterocycles. The number of hydrogen-bond donors (Lipinski definition) is 2. The first-order chi connectivity index (χ1) is 15.0. The summed E-state index contributed by atoms with van der Waals surface area (Å²) in [5.74, 6) is 1.17. The summed E-state index contributed by atoms with van der Waals surface area (Å²) in [6, 6.07) is 16.1. The number of nitrogens with zero attached hydrogens (tertiary/aromatic N) is 3. The Morgan fingerprint density at radius 3 is 2.71 bits per heavy atom. The summed E-state index contributed by atoms with van der Waals surface area (Å²) in [5.41, 5.74) is 2.31. The molecule has 0 aliphatic carbocycles. The van der Waals surface area contributed by atoms with Crippen LogP contribution in [-0.4, -0.2) is 25.7 Å². The Morgan fingerprint density at radius 2 is 1.97 bits per heavy atom. The van der Waals surface area contributed by atoms with Crippen LogP contribution in [0.15, 0.2) is 68.3 Å². The zero-order chi connectivity index (χ0) is 21.5. The highest BCUT2D eigenvalue weighted by atomic mass is 79.9. The van der Waals surface area contributed by atoms with E-state index in [4.69, 9.17) is 4.42 Å². The summed E-state index contributed by atoms with van der Waals surface area (Å²) in [6.07, 6.45) is 0. The van der Waals surface area contributed by atoms with E-state index >= 15 is 0 Å². The number of fused-ring (bicyclic) bond motifs is 3. The number of furan rings is 1. The Bertz CT molecular complexity index is 1500. The zero-order valence-electron chi connectivity index (χ0n) is 16.3. The van der Waals surface area contributed by atoms with Crippen LogP contribution in [0.1, 0.15) is 21.9 Å². The van der Waals surface area contributed by atoms with Crippen LogP contribution in [0.2, 0.25) is 0 Å². The molecule has 1 amide bonds. The molecule has 0 aliphatic rings. The summed E-state index contributed by atoms with van der Waals surface area (Å²) >= 11 is 3.41. The summed E-state index contributed by atoms with van der Waals surface area (Å²) < 4.78 is 8.03. The van der Waals surface area contributed by atoms with Crippen molar-refractivity contribution >= 4 is 38.4 Å². The molecule has 154 valence electrons. The number of amides is 1. The molecule has 8 nitrogen and oxygen atoms in total. The van der Waals surface area contributed by atoms with Gasteiger partial charge in [0.1, 0.15) is 17.2 Å². The molecule has 2 N–H and O–H groups in total. The lowest BCUT2D eigenvalue weighted by Gasteiger charge is -2.06. The average Bonchev–Trinajstić information content (AvgIpc) is 3.38. The molecule has 5 rings (SSSR count). The van der Waals surface area contributed by atoms with E-state index in [2.05, 4.69) is 36.5 Å². The largest absolute Gasteiger partial charge is 0.465 e. The zero-order valence-corrected chi connectivity index (χ0v) is 17.9. The van der Waals surface area contributed by atoms with Crippen LogP contribution < -0.4 is 10.9 Å². The second-order valence-electron chi connectivity index (χ2n) is 7.07. The van der Waals surface area contributed by atoms with Gasteiger partial charge < -0.3 is 9.73 Å². The number of halogens is 1. The maximum atomic E-state index is 12.7. The van der Waals surface area contributed by atoms with Crippen molar-refractivity contribution in [1.29, 1.82) is 0 Å². The predicted octanol–water partition coefficient (Wildman–Crippen LogP) is 3.83. The molecule has 0 radical (unpaired) electrons. The number of rotatable bonds is 4. The van der Waals surface area contributed by atoms with Crippen LogP contribution in [0.5, 0.6) is 0 Å². The molecule has 5 aromatic rings. The molecule has 31 heavy (non-hydrogen) atoms. The molecule has 3 aromatic heterocycles. The molecular weight excluding hydrogens is 462 g/mol. The fourth-order valence-electron chi connectivity index (χ4n) is 3.42. The molecule has 0 aliphatic heterocycles. The molecule has 0 unspecified atom stereocenters. The topological polar surface area (TPSA) is 105 Å². The Balaban J connectivity index is 1.55. The molecule has 0 spiro atoms. The Labute approximate surface area is 184 Å². The fraction of sp³-hybridized carbons (Fsp3) is 0.0909. The molecule has 0 saturated carbocycles. The molecule has 0 bridgehead atoms. The minimum Gasteiger partial charge on any atom is -0.465 e. The first kappa shape index (κ1) is 19.3. The van der Waals surface area contributed by atoms with Gasteiger partial charge in [-0.1, -0.05) is 28.1 Å². The number of carbonyl (C=O) groups is 1. The molecule has 9 heteroatoms. The van der Waals surface area contributed by atoms with Crippen molar-refractivity contribution in [1.82, 2.24) is 25.1 Å². The lowest BCUT2D eigenvalue weighted by Crippen LogP contribution is -2.23. The SMILES string of the molecule is Cc1ccc(CNC(=O)c2ccc3c(=O)nc4c(-c5ccc(Br)cc5)n[nH]n4c3c2)o1. The lowest BCUT2D eigenvalue weighted by atomic mass is 10.1. The van der Waals surface area contributed by atoms with Crippen molar-refractivity contribution < 1.29 is 9.21 Å². The van der Waals surface area contributed by atoms with E-state index in [9.17, 15) is 9.59 Å². The second-order valence-corrected chi connectivity index (χ2v) is 7.99. The third-order valence-electron chi connectivity index (χ3n) is 4.96. The molecular formula is C22H16BrN5O3. The van der Waals surface area contributed by atoms with Crippen LogP contribution in [0.25, 0.3) is 27.8 Å². The highest BCUT2D eigenvalue weighted by Crippen LogP contribution is 2.24. The monoisotopic (exact) mass is 477 g/mol. The minimum absolute atomic E-state index is 0.272. The smallest absolute Gasteiger partial charge is 0.281 e. The van der Waals surface area contributed by atoms with E-state index in [1.165, 1.54) is 0 Å². The number of aryl methyl sites for hydroxylation is 1. The van der Waals surface area contributed by atoms with Crippen molar-refractivity contribution in [2.24, 2.45) is 0 Å². The van der Waals surface area contributed by atoms with Crippen LogP contribution in [0.4, 0.5) is 0 Å². The lowest BCUT2D eigenvalue weighted by molar-refractivity contribution is 0.0948. The van der Waals surface area contributed by atoms with Crippen LogP contribution in [0, 0.1) is 6.92 Å². The van der Waals surface area contributed by atoms with Gasteiger partial charge >= 0.3 is 0 Å². The Kier molecular flexibility index (Phi) is 4.67. The second kappa shape index (κ2) is 7.51. The molecule has 2 aromatic carbocycles. The first-order valence-electron chi connectivity index (χ1n) is 9.50. The third kappa shape index (κ3) is 3.53. The van der Waals surface area contributed by atoms with Crippen LogP contribution >= 0.6 is 15.9 Å². The summed E-state index contributed by atoms with van der Waals surface area (Å²) in [4.78, 5) is 29.5. The van der Waals surface area contributed by atoms with Crippen molar-refractivity contribution in [3.8, 4) is 11.3 Å². The number of benzene rings is 2. The van der Waals surface area contributed by atoms with E-state index < -0.39 is 0 Å². The number of H-pyrrole nitrogens is 1. The highest BCUT2D eigenvalue weighted by molar-refractivity contribution is 9.10. The minimum atomic E-state index is -0.382. The van der Waals surface area contributed by atoms with Gasteiger partial charge in [-0.2, -0.15) is 10.1 Å². The van der Waals surface area contributed by atoms with E-state index in [1.54, 1.807) is 22.7 Å². The van der Waals surface area contributed by atoms with Crippen molar-refractivity contribution in [3.05, 3.63) is 86.5 Å². The van der Waals surface area contributed by atoms with E-state index in [-0.39, 0.29) is 18.0 Å². The summed E-state index contributed by atoms with van der Waals surface area (Å²) in [5, 5.41) is 10.5. The van der Waals surface area contributed by atoms with Gasteiger partial charge in [0.05, 0.1) is 17.4 Å². The number of aromatic amines is 1. The maximum Gasteiger partial charge on any atom is 0.281 e. The van der Waals surface area contributed by atoms with Crippen molar-refractivity contribution in [3.63, 3.8) is 0 Å². The number of nitrogens with one attached hydrogen (secondary N) is 2. The number of carbonyl (C=O) groups excluding carboxylic acids is 1. The van der Waals surface area contributed by atoms with Gasteiger partial charge in [-0.3, -0.25) is 9.59 Å². The Hall–Kier alpha value is -3.72. The molecule has 3 heterocycles. The van der Waals surface area contributed by atoms with Gasteiger partial charge in [0, 0.05) is 15.6 Å². The average molecular weight is 478 g/mol. The summed E-state index contributed by atoms with van der Waals surface area (Å²) in [7, 11) is 0. The third-order valence-corrected chi connectivity index (χ3v) is 5.49. The quantitative estimate of drug-likeness (QED) is 0.409. The van der Waals surface area contributed by atoms with Crippen LogP contribution in [-0.2, 0) is 6.54 Å². The van der Waals surface area contributed by atoms with Gasteiger partial charge in [0.15, 0.2) is 5.65 Å². The maximum absolute atomic E-state index is 12.7. The van der Waals surface area contributed by atoms with E-state index in [1.807, 2.05) is 43.3 Å². The predicted molar refractivity (Wildman–Crippen MR) is 119 cm³/mol. The Morgan fingerprint density at radius 1 is 1.16 bits per heavy atom. The molecule has 0 atom stereocenters. The normalized spacial score (nSPS) is 11.3. The number of aromatic nitrogens is 4. The van der Waals surface area contributed by atoms with Crippen molar-refractivity contribution in [2.45, 2.75) is 13.5 Å². The molecule has 0 fully saturated rings. The van der Waals surface area contributed by atoms with Gasteiger partial charge in [-0.25, -0.2) is 9.73 Å². The van der Waals surface area contributed by atoms with E-state index in [0.29, 0.717) is 33.6 Å². The highest BCUT2D eigenvalue weighted by Gasteiger charge is 2.16. The first-order valence-corrected chi connectivity index (χ1v) is 10.3. The van der Waals surface area contributed by atoms with Gasteiger partial charge in [0.2, 0.25) is 0 Å². The van der Waals surface area contributed by atoms with Crippen LogP contribution in [0.3, 0.4) is 0 Å². The van der Waals surface area contributed by atoms with Crippen molar-refractivity contribution in [2.75, 3.05) is 0 Å². The van der Waals surface area contributed by atoms with Gasteiger partial charge in [-0.05, 0) is 49.4 Å². The number of hydrogen-bond acceptors (Lipinski definition) is 5. The standard InChI is InChI=1S/C22H16BrN5O3/c1-12-2-8-16(31-12)11-24-21(29)14-5-9-17-18(10-14)28-20(25-22(17)30)19(26-27-28)13-3-6-15(23)7-4-13/h2-10,27H,11H2,1H3,(H,24,29). The van der Waals surface area contributed by atoms with Gasteiger partial charge in [-0.15, -0.1) is 0 Å². The fourth-order valence-corrected chi connectivity index (χ4v) is 3.68.